The summed E-state index contributed by atoms with van der Waals surface area (Å²) in [5, 5.41) is 12.5. The van der Waals surface area contributed by atoms with Gasteiger partial charge >= 0.3 is 0 Å². The lowest BCUT2D eigenvalue weighted by Gasteiger charge is -2.19. The molecule has 0 saturated heterocycles. The second-order valence-corrected chi connectivity index (χ2v) is 5.59. The lowest BCUT2D eigenvalue weighted by Crippen LogP contribution is -2.28. The Balaban J connectivity index is 1.96. The van der Waals surface area contributed by atoms with Crippen LogP contribution < -0.4 is 10.0 Å². The first-order valence-corrected chi connectivity index (χ1v) is 7.09. The molecular weight excluding hydrogens is 339 g/mol. The molecule has 0 saturated carbocycles. The highest BCUT2D eigenvalue weighted by atomic mass is 35.5. The van der Waals surface area contributed by atoms with Gasteiger partial charge in [0.05, 0.1) is 4.90 Å². The number of aromatic hydroxyl groups is 1. The number of fused-ring (bicyclic) bond motifs is 1. The van der Waals surface area contributed by atoms with Crippen LogP contribution in [0.5, 0.6) is 5.75 Å². The molecule has 1 aliphatic rings. The third kappa shape index (κ3) is 2.79. The molecule has 22 heavy (non-hydrogen) atoms. The van der Waals surface area contributed by atoms with E-state index in [0.29, 0.717) is 22.1 Å². The SMILES string of the molecule is Oc1cc(Cl)cc2c1N=C(Nc1c(F)cc(F)cc1F)NS2. The number of anilines is 1. The average molecular weight is 346 g/mol. The number of halogens is 4. The molecule has 0 radical (unpaired) electrons. The minimum atomic E-state index is -1.10. The van der Waals surface area contributed by atoms with Gasteiger partial charge in [-0.2, -0.15) is 0 Å². The van der Waals surface area contributed by atoms with Crippen molar-refractivity contribution in [1.82, 2.24) is 4.72 Å². The van der Waals surface area contributed by atoms with E-state index in [4.69, 9.17) is 11.6 Å². The minimum absolute atomic E-state index is 0.0143. The predicted molar refractivity (Wildman–Crippen MR) is 79.1 cm³/mol. The average Bonchev–Trinajstić information content (AvgIpc) is 2.43. The lowest BCUT2D eigenvalue weighted by atomic mass is 10.3. The summed E-state index contributed by atoms with van der Waals surface area (Å²) in [6.07, 6.45) is 0. The van der Waals surface area contributed by atoms with Gasteiger partial charge < -0.3 is 10.4 Å². The van der Waals surface area contributed by atoms with Crippen molar-refractivity contribution in [3.8, 4) is 5.75 Å². The molecule has 1 aliphatic heterocycles. The third-order valence-corrected chi connectivity index (χ3v) is 3.80. The van der Waals surface area contributed by atoms with Crippen LogP contribution in [0.1, 0.15) is 0 Å². The zero-order valence-corrected chi connectivity index (χ0v) is 12.2. The van der Waals surface area contributed by atoms with Gasteiger partial charge in [-0.1, -0.05) is 11.6 Å². The minimum Gasteiger partial charge on any atom is -0.506 e. The van der Waals surface area contributed by atoms with E-state index in [0.717, 1.165) is 11.9 Å². The van der Waals surface area contributed by atoms with Crippen LogP contribution in [0.3, 0.4) is 0 Å². The molecule has 2 aromatic carbocycles. The van der Waals surface area contributed by atoms with Crippen molar-refractivity contribution < 1.29 is 18.3 Å². The molecule has 3 rings (SSSR count). The maximum Gasteiger partial charge on any atom is 0.211 e. The fraction of sp³-hybridized carbons (Fsp3) is 0. The third-order valence-electron chi connectivity index (χ3n) is 2.75. The molecule has 114 valence electrons. The predicted octanol–water partition coefficient (Wildman–Crippen LogP) is 4.17. The van der Waals surface area contributed by atoms with Crippen LogP contribution >= 0.6 is 23.5 Å². The first-order chi connectivity index (χ1) is 10.4. The molecule has 0 spiro atoms. The van der Waals surface area contributed by atoms with Gasteiger partial charge in [0.1, 0.15) is 22.9 Å². The second-order valence-electron chi connectivity index (χ2n) is 4.31. The molecule has 4 nitrogen and oxygen atoms in total. The van der Waals surface area contributed by atoms with Crippen molar-refractivity contribution in [2.75, 3.05) is 5.32 Å². The molecule has 0 atom stereocenters. The van der Waals surface area contributed by atoms with Gasteiger partial charge in [0.25, 0.3) is 0 Å². The molecule has 2 aromatic rings. The van der Waals surface area contributed by atoms with Gasteiger partial charge in [-0.05, 0) is 18.0 Å². The van der Waals surface area contributed by atoms with E-state index in [1.165, 1.54) is 6.07 Å². The van der Waals surface area contributed by atoms with Crippen molar-refractivity contribution in [2.24, 2.45) is 4.99 Å². The smallest absolute Gasteiger partial charge is 0.211 e. The Morgan fingerprint density at radius 3 is 2.50 bits per heavy atom. The van der Waals surface area contributed by atoms with E-state index < -0.39 is 23.1 Å². The molecule has 0 aromatic heterocycles. The Morgan fingerprint density at radius 1 is 1.14 bits per heavy atom. The Morgan fingerprint density at radius 2 is 1.82 bits per heavy atom. The van der Waals surface area contributed by atoms with Gasteiger partial charge in [0.15, 0.2) is 11.6 Å². The summed E-state index contributed by atoms with van der Waals surface area (Å²) in [6, 6.07) is 3.97. The number of guanidine groups is 1. The first kappa shape index (κ1) is 14.9. The zero-order valence-electron chi connectivity index (χ0n) is 10.6. The van der Waals surface area contributed by atoms with E-state index in [1.807, 2.05) is 0 Å². The van der Waals surface area contributed by atoms with Crippen molar-refractivity contribution in [1.29, 1.82) is 0 Å². The van der Waals surface area contributed by atoms with Gasteiger partial charge in [0.2, 0.25) is 5.96 Å². The Labute approximate surface area is 132 Å². The van der Waals surface area contributed by atoms with Crippen LogP contribution in [0.4, 0.5) is 24.5 Å². The summed E-state index contributed by atoms with van der Waals surface area (Å²) < 4.78 is 42.8. The number of phenols is 1. The van der Waals surface area contributed by atoms with Gasteiger partial charge in [0, 0.05) is 23.2 Å². The number of rotatable bonds is 1. The van der Waals surface area contributed by atoms with Crippen LogP contribution in [0.25, 0.3) is 0 Å². The topological polar surface area (TPSA) is 56.7 Å². The molecule has 0 fully saturated rings. The lowest BCUT2D eigenvalue weighted by molar-refractivity contribution is 0.475. The number of nitrogens with zero attached hydrogens (tertiary/aromatic N) is 1. The maximum absolute atomic E-state index is 13.6. The molecule has 0 aliphatic carbocycles. The largest absolute Gasteiger partial charge is 0.506 e. The normalized spacial score (nSPS) is 13.2. The monoisotopic (exact) mass is 345 g/mol. The fourth-order valence-corrected chi connectivity index (χ4v) is 2.84. The van der Waals surface area contributed by atoms with Crippen molar-refractivity contribution in [2.45, 2.75) is 4.90 Å². The highest BCUT2D eigenvalue weighted by molar-refractivity contribution is 7.98. The quantitative estimate of drug-likeness (QED) is 0.679. The molecule has 0 bridgehead atoms. The van der Waals surface area contributed by atoms with Crippen LogP contribution in [-0.2, 0) is 0 Å². The summed E-state index contributed by atoms with van der Waals surface area (Å²) >= 11 is 6.86. The number of aliphatic imine (C=N–C) groups is 1. The first-order valence-electron chi connectivity index (χ1n) is 5.89. The number of benzene rings is 2. The molecule has 0 unspecified atom stereocenters. The van der Waals surface area contributed by atoms with E-state index >= 15 is 0 Å². The standard InChI is InChI=1S/C13H7ClF3N3OS/c14-5-1-9(21)12-10(2-5)22-20-13(19-12)18-11-7(16)3-6(15)4-8(11)17/h1-4,21H,(H2,18,19,20). The van der Waals surface area contributed by atoms with Gasteiger partial charge in [-0.15, -0.1) is 0 Å². The van der Waals surface area contributed by atoms with Crippen LogP contribution in [0.2, 0.25) is 5.02 Å². The molecule has 0 amide bonds. The summed E-state index contributed by atoms with van der Waals surface area (Å²) in [5.41, 5.74) is -0.344. The number of hydrogen-bond acceptors (Lipinski definition) is 5. The summed E-state index contributed by atoms with van der Waals surface area (Å²) in [5.74, 6) is -3.40. The van der Waals surface area contributed by atoms with Crippen molar-refractivity contribution in [3.63, 3.8) is 0 Å². The number of hydrogen-bond donors (Lipinski definition) is 3. The van der Waals surface area contributed by atoms with Gasteiger partial charge in [-0.3, -0.25) is 4.72 Å². The fourth-order valence-electron chi connectivity index (χ4n) is 1.82. The van der Waals surface area contributed by atoms with E-state index in [2.05, 4.69) is 15.0 Å². The molecule has 3 N–H and O–H groups in total. The summed E-state index contributed by atoms with van der Waals surface area (Å²) in [7, 11) is 0. The highest BCUT2D eigenvalue weighted by Crippen LogP contribution is 2.41. The van der Waals surface area contributed by atoms with Crippen LogP contribution in [-0.4, -0.2) is 11.1 Å². The Hall–Kier alpha value is -2.06. The Kier molecular flexibility index (Phi) is 3.79. The van der Waals surface area contributed by atoms with Crippen LogP contribution in [0, 0.1) is 17.5 Å². The number of nitrogens with one attached hydrogen (secondary N) is 2. The van der Waals surface area contributed by atoms with Gasteiger partial charge in [-0.25, -0.2) is 18.2 Å². The van der Waals surface area contributed by atoms with E-state index in [-0.39, 0.29) is 17.4 Å². The number of phenolic OH excluding ortho intramolecular Hbond substituents is 1. The maximum atomic E-state index is 13.6. The van der Waals surface area contributed by atoms with E-state index in [9.17, 15) is 18.3 Å². The summed E-state index contributed by atoms with van der Waals surface area (Å²) in [4.78, 5) is 4.58. The second kappa shape index (κ2) is 5.62. The van der Waals surface area contributed by atoms with E-state index in [1.54, 1.807) is 6.07 Å². The van der Waals surface area contributed by atoms with Crippen molar-refractivity contribution >= 4 is 40.9 Å². The van der Waals surface area contributed by atoms with Crippen LogP contribution in [0.15, 0.2) is 34.2 Å². The molecular formula is C13H7ClF3N3OS. The summed E-state index contributed by atoms with van der Waals surface area (Å²) in [6.45, 7) is 0. The molecule has 9 heteroatoms. The highest BCUT2D eigenvalue weighted by Gasteiger charge is 2.19. The Bertz CT molecular complexity index is 777. The zero-order chi connectivity index (χ0) is 15.9. The molecule has 1 heterocycles. The van der Waals surface area contributed by atoms with Crippen molar-refractivity contribution in [3.05, 3.63) is 46.7 Å².